The highest BCUT2D eigenvalue weighted by Gasteiger charge is 2.19. The van der Waals surface area contributed by atoms with Gasteiger partial charge in [0.05, 0.1) is 6.07 Å². The van der Waals surface area contributed by atoms with Crippen molar-refractivity contribution in [1.82, 2.24) is 5.16 Å². The topological polar surface area (TPSA) is 109 Å². The maximum atomic E-state index is 12.9. The summed E-state index contributed by atoms with van der Waals surface area (Å²) in [6.07, 6.45) is 0. The van der Waals surface area contributed by atoms with Crippen LogP contribution in [-0.2, 0) is 11.3 Å². The Bertz CT molecular complexity index is 884. The van der Waals surface area contributed by atoms with E-state index in [2.05, 4.69) is 5.16 Å². The van der Waals surface area contributed by atoms with Crippen LogP contribution in [-0.4, -0.2) is 16.0 Å². The Labute approximate surface area is 133 Å². The van der Waals surface area contributed by atoms with E-state index in [-0.39, 0.29) is 18.2 Å². The standard InChI is InChI=1S/C15H9FN2O6/c16-10-3-1-9(2-4-10)13-7-11(17-24-13)8-22-15(19)12-5-6-14(23-12)18(20)21/h1-7H,8H2. The number of hydrogen-bond donors (Lipinski definition) is 0. The molecule has 3 rings (SSSR count). The summed E-state index contributed by atoms with van der Waals surface area (Å²) in [5.41, 5.74) is 0.937. The summed E-state index contributed by atoms with van der Waals surface area (Å²) in [7, 11) is 0. The maximum Gasteiger partial charge on any atom is 0.433 e. The molecular formula is C15H9FN2O6. The molecule has 0 aliphatic rings. The van der Waals surface area contributed by atoms with Gasteiger partial charge in [-0.2, -0.15) is 0 Å². The molecule has 0 atom stereocenters. The zero-order valence-corrected chi connectivity index (χ0v) is 12.0. The lowest BCUT2D eigenvalue weighted by Crippen LogP contribution is -2.04. The molecule has 0 unspecified atom stereocenters. The zero-order valence-electron chi connectivity index (χ0n) is 12.0. The van der Waals surface area contributed by atoms with Crippen LogP contribution in [0.3, 0.4) is 0 Å². The second-order valence-electron chi connectivity index (χ2n) is 4.66. The van der Waals surface area contributed by atoms with Gasteiger partial charge in [0.1, 0.15) is 23.0 Å². The Balaban J connectivity index is 1.63. The molecule has 0 bridgehead atoms. The third kappa shape index (κ3) is 3.29. The number of ether oxygens (including phenoxy) is 1. The summed E-state index contributed by atoms with van der Waals surface area (Å²) >= 11 is 0. The predicted octanol–water partition coefficient (Wildman–Crippen LogP) is 3.34. The number of esters is 1. The van der Waals surface area contributed by atoms with Crippen LogP contribution in [0.4, 0.5) is 10.3 Å². The van der Waals surface area contributed by atoms with E-state index in [9.17, 15) is 19.3 Å². The van der Waals surface area contributed by atoms with Crippen molar-refractivity contribution in [3.63, 3.8) is 0 Å². The van der Waals surface area contributed by atoms with E-state index in [1.807, 2.05) is 0 Å². The van der Waals surface area contributed by atoms with Crippen LogP contribution >= 0.6 is 0 Å². The lowest BCUT2D eigenvalue weighted by atomic mass is 10.1. The SMILES string of the molecule is O=C(OCc1cc(-c2ccc(F)cc2)on1)c1ccc([N+](=O)[O-])o1. The van der Waals surface area contributed by atoms with Crippen molar-refractivity contribution in [2.24, 2.45) is 0 Å². The molecule has 0 amide bonds. The van der Waals surface area contributed by atoms with Crippen LogP contribution in [0.2, 0.25) is 0 Å². The second-order valence-corrected chi connectivity index (χ2v) is 4.66. The van der Waals surface area contributed by atoms with Gasteiger partial charge in [-0.25, -0.2) is 9.18 Å². The summed E-state index contributed by atoms with van der Waals surface area (Å²) in [5, 5.41) is 14.2. The van der Waals surface area contributed by atoms with Crippen molar-refractivity contribution in [2.75, 3.05) is 0 Å². The van der Waals surface area contributed by atoms with Gasteiger partial charge in [-0.15, -0.1) is 0 Å². The number of rotatable bonds is 5. The first-order valence-electron chi connectivity index (χ1n) is 6.66. The first kappa shape index (κ1) is 15.4. The minimum atomic E-state index is -0.866. The van der Waals surface area contributed by atoms with Gasteiger partial charge in [-0.3, -0.25) is 10.1 Å². The summed E-state index contributed by atoms with van der Waals surface area (Å²) in [4.78, 5) is 21.5. The first-order valence-corrected chi connectivity index (χ1v) is 6.66. The van der Waals surface area contributed by atoms with Crippen molar-refractivity contribution in [2.45, 2.75) is 6.61 Å². The van der Waals surface area contributed by atoms with Crippen molar-refractivity contribution < 1.29 is 27.8 Å². The largest absolute Gasteiger partial charge is 0.453 e. The van der Waals surface area contributed by atoms with E-state index in [4.69, 9.17) is 13.7 Å². The number of benzene rings is 1. The Morgan fingerprint density at radius 2 is 2.00 bits per heavy atom. The molecule has 2 aromatic heterocycles. The highest BCUT2D eigenvalue weighted by Crippen LogP contribution is 2.21. The van der Waals surface area contributed by atoms with E-state index in [1.165, 1.54) is 30.3 Å². The Kier molecular flexibility index (Phi) is 4.06. The van der Waals surface area contributed by atoms with Crippen LogP contribution in [0.25, 0.3) is 11.3 Å². The molecule has 2 heterocycles. The summed E-state index contributed by atoms with van der Waals surface area (Å²) in [6, 6.07) is 9.33. The van der Waals surface area contributed by atoms with Crippen LogP contribution in [0, 0.1) is 15.9 Å². The number of furan rings is 1. The summed E-state index contributed by atoms with van der Waals surface area (Å²) in [6.45, 7) is -0.210. The van der Waals surface area contributed by atoms with E-state index >= 15 is 0 Å². The monoisotopic (exact) mass is 332 g/mol. The molecule has 122 valence electrons. The molecule has 0 N–H and O–H groups in total. The van der Waals surface area contributed by atoms with E-state index in [1.54, 1.807) is 0 Å². The van der Waals surface area contributed by atoms with Crippen LogP contribution in [0.15, 0.2) is 51.4 Å². The fourth-order valence-corrected chi connectivity index (χ4v) is 1.88. The quantitative estimate of drug-likeness (QED) is 0.400. The maximum absolute atomic E-state index is 12.9. The number of carbonyl (C=O) groups excluding carboxylic acids is 1. The third-order valence-electron chi connectivity index (χ3n) is 3.01. The molecule has 0 spiro atoms. The molecule has 8 nitrogen and oxygen atoms in total. The summed E-state index contributed by atoms with van der Waals surface area (Å²) in [5.74, 6) is -1.70. The number of aromatic nitrogens is 1. The van der Waals surface area contributed by atoms with Crippen molar-refractivity contribution >= 4 is 11.9 Å². The van der Waals surface area contributed by atoms with Crippen molar-refractivity contribution in [1.29, 1.82) is 0 Å². The number of hydrogen-bond acceptors (Lipinski definition) is 7. The van der Waals surface area contributed by atoms with Crippen LogP contribution in [0.5, 0.6) is 0 Å². The summed E-state index contributed by atoms with van der Waals surface area (Å²) < 4.78 is 27.6. The van der Waals surface area contributed by atoms with Gasteiger partial charge in [-0.05, 0) is 30.3 Å². The average Bonchev–Trinajstić information content (AvgIpc) is 3.23. The molecule has 9 heteroatoms. The Morgan fingerprint density at radius 1 is 1.25 bits per heavy atom. The van der Waals surface area contributed by atoms with E-state index in [0.29, 0.717) is 17.0 Å². The number of carbonyl (C=O) groups is 1. The molecular weight excluding hydrogens is 323 g/mol. The Morgan fingerprint density at radius 3 is 2.67 bits per heavy atom. The first-order chi connectivity index (χ1) is 11.5. The minimum Gasteiger partial charge on any atom is -0.453 e. The van der Waals surface area contributed by atoms with E-state index in [0.717, 1.165) is 12.1 Å². The number of halogens is 1. The van der Waals surface area contributed by atoms with Gasteiger partial charge >= 0.3 is 11.9 Å². The van der Waals surface area contributed by atoms with Crippen LogP contribution < -0.4 is 0 Å². The van der Waals surface area contributed by atoms with Gasteiger partial charge in [-0.1, -0.05) is 5.16 Å². The van der Waals surface area contributed by atoms with Gasteiger partial charge in [0.2, 0.25) is 5.76 Å². The number of nitro groups is 1. The average molecular weight is 332 g/mol. The molecule has 0 aliphatic heterocycles. The molecule has 0 saturated carbocycles. The molecule has 3 aromatic rings. The Hall–Kier alpha value is -3.49. The normalized spacial score (nSPS) is 10.5. The smallest absolute Gasteiger partial charge is 0.433 e. The molecule has 1 aromatic carbocycles. The molecule has 0 aliphatic carbocycles. The number of nitrogens with zero attached hydrogens (tertiary/aromatic N) is 2. The van der Waals surface area contributed by atoms with Gasteiger partial charge in [0.25, 0.3) is 0 Å². The van der Waals surface area contributed by atoms with E-state index < -0.39 is 16.8 Å². The van der Waals surface area contributed by atoms with Gasteiger partial charge in [0.15, 0.2) is 5.76 Å². The molecule has 24 heavy (non-hydrogen) atoms. The van der Waals surface area contributed by atoms with Crippen LogP contribution in [0.1, 0.15) is 16.2 Å². The van der Waals surface area contributed by atoms with Gasteiger partial charge < -0.3 is 13.7 Å². The highest BCUT2D eigenvalue weighted by molar-refractivity contribution is 5.86. The fourth-order valence-electron chi connectivity index (χ4n) is 1.88. The predicted molar refractivity (Wildman–Crippen MR) is 76.4 cm³/mol. The second kappa shape index (κ2) is 6.32. The lowest BCUT2D eigenvalue weighted by Gasteiger charge is -1.98. The molecule has 0 fully saturated rings. The zero-order chi connectivity index (χ0) is 17.1. The lowest BCUT2D eigenvalue weighted by molar-refractivity contribution is -0.402. The van der Waals surface area contributed by atoms with Crippen molar-refractivity contribution in [3.05, 3.63) is 69.9 Å². The molecule has 0 radical (unpaired) electrons. The van der Waals surface area contributed by atoms with Crippen molar-refractivity contribution in [3.8, 4) is 11.3 Å². The third-order valence-corrected chi connectivity index (χ3v) is 3.01. The fraction of sp³-hybridized carbons (Fsp3) is 0.0667. The minimum absolute atomic E-state index is 0.210. The molecule has 0 saturated heterocycles. The van der Waals surface area contributed by atoms with Gasteiger partial charge in [0, 0.05) is 11.6 Å². The highest BCUT2D eigenvalue weighted by atomic mass is 19.1.